The van der Waals surface area contributed by atoms with Crippen LogP contribution in [0, 0.1) is 11.8 Å². The Morgan fingerprint density at radius 1 is 0.317 bits per heavy atom. The van der Waals surface area contributed by atoms with Crippen molar-refractivity contribution in [1.29, 1.82) is 0 Å². The summed E-state index contributed by atoms with van der Waals surface area (Å²) in [5.41, 5.74) is 0. The Bertz CT molecular complexity index is 966. The number of esters is 3. The minimum absolute atomic E-state index is 0.0632. The Balaban J connectivity index is 4.30. The first-order valence-corrected chi connectivity index (χ1v) is 28.3. The summed E-state index contributed by atoms with van der Waals surface area (Å²) < 4.78 is 16.9. The Labute approximate surface area is 393 Å². The van der Waals surface area contributed by atoms with Crippen molar-refractivity contribution in [3.63, 3.8) is 0 Å². The molecule has 6 heteroatoms. The van der Waals surface area contributed by atoms with Crippen molar-refractivity contribution < 1.29 is 28.6 Å². The fraction of sp³-hybridized carbons (Fsp3) is 0.947. The van der Waals surface area contributed by atoms with Gasteiger partial charge >= 0.3 is 17.9 Å². The SMILES string of the molecule is CCCCCCCCCCCCCCCCCC(=O)OC[C@H](COC(=O)CCCCCCCCCCC(C)CC)OC(=O)CCCCCCCCCCCCCCCCC(C)CC. The lowest BCUT2D eigenvalue weighted by Crippen LogP contribution is -2.30. The molecule has 2 unspecified atom stereocenters. The highest BCUT2D eigenvalue weighted by Gasteiger charge is 2.19. The summed E-state index contributed by atoms with van der Waals surface area (Å²) >= 11 is 0. The molecule has 0 fully saturated rings. The second-order valence-corrected chi connectivity index (χ2v) is 20.1. The molecule has 0 aliphatic rings. The summed E-state index contributed by atoms with van der Waals surface area (Å²) in [6, 6.07) is 0. The second-order valence-electron chi connectivity index (χ2n) is 20.1. The highest BCUT2D eigenvalue weighted by atomic mass is 16.6. The zero-order chi connectivity index (χ0) is 46.1. The molecule has 6 nitrogen and oxygen atoms in total. The average Bonchev–Trinajstić information content (AvgIpc) is 3.28. The first kappa shape index (κ1) is 61.4. The minimum Gasteiger partial charge on any atom is -0.462 e. The highest BCUT2D eigenvalue weighted by Crippen LogP contribution is 2.19. The number of unbranched alkanes of at least 4 members (excludes halogenated alkanes) is 34. The van der Waals surface area contributed by atoms with Crippen LogP contribution in [0.4, 0.5) is 0 Å². The predicted molar refractivity (Wildman–Crippen MR) is 270 cm³/mol. The molecular formula is C57H110O6. The van der Waals surface area contributed by atoms with Crippen molar-refractivity contribution in [2.75, 3.05) is 13.2 Å². The fourth-order valence-electron chi connectivity index (χ4n) is 8.63. The third-order valence-corrected chi connectivity index (χ3v) is 13.7. The van der Waals surface area contributed by atoms with Crippen LogP contribution in [-0.4, -0.2) is 37.2 Å². The lowest BCUT2D eigenvalue weighted by Gasteiger charge is -2.18. The summed E-state index contributed by atoms with van der Waals surface area (Å²) in [5, 5.41) is 0. The van der Waals surface area contributed by atoms with Gasteiger partial charge in [0.2, 0.25) is 0 Å². The number of carbonyl (C=O) groups excluding carboxylic acids is 3. The standard InChI is InChI=1S/C57H110O6/c1-6-9-10-11-12-13-14-15-16-20-23-26-32-37-42-47-55(58)61-50-54(51-62-56(59)48-43-38-33-29-28-31-36-41-46-53(5)8-3)63-57(60)49-44-39-34-27-24-21-18-17-19-22-25-30-35-40-45-52(4)7-2/h52-54H,6-51H2,1-5H3/t52?,53?,54-/m1/s1. The van der Waals surface area contributed by atoms with Gasteiger partial charge in [0.05, 0.1) is 0 Å². The van der Waals surface area contributed by atoms with E-state index in [-0.39, 0.29) is 31.1 Å². The first-order valence-electron chi connectivity index (χ1n) is 28.3. The lowest BCUT2D eigenvalue weighted by atomic mass is 9.99. The maximum absolute atomic E-state index is 12.8. The van der Waals surface area contributed by atoms with Gasteiger partial charge in [0, 0.05) is 19.3 Å². The molecule has 0 bridgehead atoms. The van der Waals surface area contributed by atoms with E-state index < -0.39 is 6.10 Å². The highest BCUT2D eigenvalue weighted by molar-refractivity contribution is 5.71. The quantitative estimate of drug-likeness (QED) is 0.0344. The Morgan fingerprint density at radius 3 is 0.825 bits per heavy atom. The fourth-order valence-corrected chi connectivity index (χ4v) is 8.63. The molecule has 0 saturated carbocycles. The molecule has 0 heterocycles. The topological polar surface area (TPSA) is 78.9 Å². The second kappa shape index (κ2) is 49.8. The van der Waals surface area contributed by atoms with Crippen LogP contribution in [-0.2, 0) is 28.6 Å². The minimum atomic E-state index is -0.763. The molecule has 3 atom stereocenters. The van der Waals surface area contributed by atoms with Crippen LogP contribution < -0.4 is 0 Å². The van der Waals surface area contributed by atoms with Gasteiger partial charge in [-0.1, -0.05) is 279 Å². The zero-order valence-corrected chi connectivity index (χ0v) is 43.2. The molecule has 0 N–H and O–H groups in total. The molecular weight excluding hydrogens is 781 g/mol. The zero-order valence-electron chi connectivity index (χ0n) is 43.2. The van der Waals surface area contributed by atoms with E-state index in [0.29, 0.717) is 19.3 Å². The van der Waals surface area contributed by atoms with E-state index in [9.17, 15) is 14.4 Å². The average molecular weight is 892 g/mol. The van der Waals surface area contributed by atoms with E-state index >= 15 is 0 Å². The summed E-state index contributed by atoms with van der Waals surface area (Å²) in [6.45, 7) is 11.4. The normalized spacial score (nSPS) is 12.9. The third-order valence-electron chi connectivity index (χ3n) is 13.7. The van der Waals surface area contributed by atoms with Crippen LogP contribution in [0.1, 0.15) is 317 Å². The van der Waals surface area contributed by atoms with Crippen LogP contribution in [0.25, 0.3) is 0 Å². The Morgan fingerprint density at radius 2 is 0.556 bits per heavy atom. The molecule has 0 aromatic heterocycles. The molecule has 0 spiro atoms. The molecule has 0 aliphatic heterocycles. The molecule has 0 radical (unpaired) electrons. The number of rotatable bonds is 51. The van der Waals surface area contributed by atoms with Crippen molar-refractivity contribution in [3.05, 3.63) is 0 Å². The van der Waals surface area contributed by atoms with Crippen LogP contribution in [0.15, 0.2) is 0 Å². The van der Waals surface area contributed by atoms with E-state index in [1.165, 1.54) is 205 Å². The number of carbonyl (C=O) groups is 3. The van der Waals surface area contributed by atoms with E-state index in [4.69, 9.17) is 14.2 Å². The Hall–Kier alpha value is -1.59. The molecule has 0 saturated heterocycles. The molecule has 0 aromatic rings. The number of ether oxygens (including phenoxy) is 3. The van der Waals surface area contributed by atoms with Crippen molar-refractivity contribution >= 4 is 17.9 Å². The van der Waals surface area contributed by atoms with Crippen LogP contribution >= 0.6 is 0 Å². The van der Waals surface area contributed by atoms with Gasteiger partial charge in [-0.05, 0) is 31.1 Å². The van der Waals surface area contributed by atoms with E-state index in [1.54, 1.807) is 0 Å². The number of hydrogen-bond donors (Lipinski definition) is 0. The first-order chi connectivity index (χ1) is 30.8. The smallest absolute Gasteiger partial charge is 0.306 e. The van der Waals surface area contributed by atoms with Gasteiger partial charge in [-0.25, -0.2) is 0 Å². The van der Waals surface area contributed by atoms with Crippen molar-refractivity contribution in [2.45, 2.75) is 323 Å². The van der Waals surface area contributed by atoms with Gasteiger partial charge in [0.1, 0.15) is 13.2 Å². The van der Waals surface area contributed by atoms with Gasteiger partial charge < -0.3 is 14.2 Å². The largest absolute Gasteiger partial charge is 0.462 e. The molecule has 0 aliphatic carbocycles. The van der Waals surface area contributed by atoms with Gasteiger partial charge in [-0.15, -0.1) is 0 Å². The van der Waals surface area contributed by atoms with Crippen molar-refractivity contribution in [1.82, 2.24) is 0 Å². The molecule has 63 heavy (non-hydrogen) atoms. The van der Waals surface area contributed by atoms with Gasteiger partial charge in [0.15, 0.2) is 6.10 Å². The van der Waals surface area contributed by atoms with Crippen LogP contribution in [0.2, 0.25) is 0 Å². The van der Waals surface area contributed by atoms with Crippen molar-refractivity contribution in [3.8, 4) is 0 Å². The molecule has 0 rings (SSSR count). The summed E-state index contributed by atoms with van der Waals surface area (Å²) in [6.07, 6.45) is 52.2. The maximum atomic E-state index is 12.8. The van der Waals surface area contributed by atoms with E-state index in [1.807, 2.05) is 0 Å². The summed E-state index contributed by atoms with van der Waals surface area (Å²) in [5.74, 6) is 0.900. The lowest BCUT2D eigenvalue weighted by molar-refractivity contribution is -0.167. The number of hydrogen-bond acceptors (Lipinski definition) is 6. The van der Waals surface area contributed by atoms with Gasteiger partial charge in [-0.2, -0.15) is 0 Å². The monoisotopic (exact) mass is 891 g/mol. The van der Waals surface area contributed by atoms with E-state index in [0.717, 1.165) is 69.6 Å². The Kier molecular flexibility index (Phi) is 48.6. The summed E-state index contributed by atoms with van der Waals surface area (Å²) in [4.78, 5) is 38.1. The summed E-state index contributed by atoms with van der Waals surface area (Å²) in [7, 11) is 0. The van der Waals surface area contributed by atoms with Crippen molar-refractivity contribution in [2.24, 2.45) is 11.8 Å². The molecule has 374 valence electrons. The predicted octanol–water partition coefficient (Wildman–Crippen LogP) is 18.5. The van der Waals surface area contributed by atoms with Gasteiger partial charge in [0.25, 0.3) is 0 Å². The molecule has 0 amide bonds. The third kappa shape index (κ3) is 48.2. The molecule has 0 aromatic carbocycles. The maximum Gasteiger partial charge on any atom is 0.306 e. The van der Waals surface area contributed by atoms with Crippen LogP contribution in [0.5, 0.6) is 0 Å². The van der Waals surface area contributed by atoms with E-state index in [2.05, 4.69) is 34.6 Å². The van der Waals surface area contributed by atoms with Crippen LogP contribution in [0.3, 0.4) is 0 Å². The van der Waals surface area contributed by atoms with Gasteiger partial charge in [-0.3, -0.25) is 14.4 Å².